The second kappa shape index (κ2) is 12.6. The van der Waals surface area contributed by atoms with E-state index in [2.05, 4.69) is 41.1 Å². The molecule has 3 aromatic rings. The molecule has 1 N–H and O–H groups in total. The average Bonchev–Trinajstić information content (AvgIpc) is 3.23. The summed E-state index contributed by atoms with van der Waals surface area (Å²) in [5.74, 6) is 0.832. The molecule has 1 aromatic heterocycles. The van der Waals surface area contributed by atoms with E-state index in [1.165, 1.54) is 24.4 Å². The average molecular weight is 481 g/mol. The maximum atomic E-state index is 12.4. The molecule has 8 nitrogen and oxygen atoms in total. The maximum Gasteiger partial charge on any atom is 0.337 e. The molecule has 0 aliphatic rings. The first-order valence-electron chi connectivity index (χ1n) is 10.9. The fourth-order valence-electron chi connectivity index (χ4n) is 3.20. The topological polar surface area (TPSA) is 95.3 Å². The van der Waals surface area contributed by atoms with Crippen LogP contribution in [0.5, 0.6) is 5.75 Å². The number of hydrogen-bond donors (Lipinski definition) is 1. The molecule has 9 heteroatoms. The molecular formula is C25H28N4O4S. The molecule has 178 valence electrons. The van der Waals surface area contributed by atoms with Crippen molar-refractivity contribution in [1.82, 2.24) is 14.8 Å². The van der Waals surface area contributed by atoms with Crippen molar-refractivity contribution in [3.8, 4) is 5.75 Å². The van der Waals surface area contributed by atoms with Crippen molar-refractivity contribution in [2.24, 2.45) is 0 Å². The largest absolute Gasteiger partial charge is 0.486 e. The number of rotatable bonds is 12. The van der Waals surface area contributed by atoms with Gasteiger partial charge in [-0.2, -0.15) is 0 Å². The summed E-state index contributed by atoms with van der Waals surface area (Å²) in [5.41, 5.74) is 2.15. The van der Waals surface area contributed by atoms with Crippen LogP contribution in [0.2, 0.25) is 0 Å². The summed E-state index contributed by atoms with van der Waals surface area (Å²) in [6.45, 7) is 6.70. The van der Waals surface area contributed by atoms with Gasteiger partial charge in [-0.3, -0.25) is 9.36 Å². The number of amides is 1. The van der Waals surface area contributed by atoms with Crippen molar-refractivity contribution in [1.29, 1.82) is 0 Å². The summed E-state index contributed by atoms with van der Waals surface area (Å²) in [6.07, 6.45) is 3.89. The van der Waals surface area contributed by atoms with E-state index in [-0.39, 0.29) is 18.3 Å². The van der Waals surface area contributed by atoms with Crippen LogP contribution in [0.1, 0.15) is 35.1 Å². The monoisotopic (exact) mass is 480 g/mol. The van der Waals surface area contributed by atoms with E-state index in [1.54, 1.807) is 30.3 Å². The van der Waals surface area contributed by atoms with Crippen molar-refractivity contribution >= 4 is 29.3 Å². The molecule has 0 radical (unpaired) electrons. The van der Waals surface area contributed by atoms with Gasteiger partial charge in [0.25, 0.3) is 0 Å². The van der Waals surface area contributed by atoms with Crippen LogP contribution in [-0.2, 0) is 29.1 Å². The first kappa shape index (κ1) is 25.0. The molecule has 0 aliphatic carbocycles. The van der Waals surface area contributed by atoms with Crippen molar-refractivity contribution in [2.75, 3.05) is 18.2 Å². The van der Waals surface area contributed by atoms with Crippen molar-refractivity contribution in [2.45, 2.75) is 38.1 Å². The molecule has 0 saturated carbocycles. The molecule has 1 amide bonds. The van der Waals surface area contributed by atoms with Gasteiger partial charge in [-0.15, -0.1) is 16.8 Å². The summed E-state index contributed by atoms with van der Waals surface area (Å²) < 4.78 is 12.5. The molecule has 0 unspecified atom stereocenters. The van der Waals surface area contributed by atoms with E-state index < -0.39 is 5.97 Å². The van der Waals surface area contributed by atoms with Gasteiger partial charge in [0.15, 0.2) is 11.0 Å². The Labute approximate surface area is 203 Å². The van der Waals surface area contributed by atoms with Gasteiger partial charge in [-0.1, -0.05) is 49.4 Å². The number of nitrogens with zero attached hydrogens (tertiary/aromatic N) is 3. The predicted octanol–water partition coefficient (Wildman–Crippen LogP) is 4.51. The third-order valence-electron chi connectivity index (χ3n) is 4.83. The fourth-order valence-corrected chi connectivity index (χ4v) is 3.97. The van der Waals surface area contributed by atoms with Crippen LogP contribution in [0.25, 0.3) is 0 Å². The van der Waals surface area contributed by atoms with Crippen LogP contribution in [0.4, 0.5) is 5.69 Å². The van der Waals surface area contributed by atoms with E-state index in [1.807, 2.05) is 16.7 Å². The van der Waals surface area contributed by atoms with Gasteiger partial charge < -0.3 is 14.8 Å². The zero-order valence-corrected chi connectivity index (χ0v) is 20.1. The highest BCUT2D eigenvalue weighted by molar-refractivity contribution is 7.99. The van der Waals surface area contributed by atoms with E-state index >= 15 is 0 Å². The third kappa shape index (κ3) is 6.95. The van der Waals surface area contributed by atoms with Gasteiger partial charge in [0, 0.05) is 12.2 Å². The lowest BCUT2D eigenvalue weighted by molar-refractivity contribution is -0.113. The molecule has 2 aromatic carbocycles. The Balaban J connectivity index is 1.59. The van der Waals surface area contributed by atoms with E-state index in [0.717, 1.165) is 18.6 Å². The Hall–Kier alpha value is -3.59. The minimum Gasteiger partial charge on any atom is -0.486 e. The summed E-state index contributed by atoms with van der Waals surface area (Å²) in [6, 6.07) is 14.6. The molecular weight excluding hydrogens is 452 g/mol. The van der Waals surface area contributed by atoms with Crippen molar-refractivity contribution in [3.63, 3.8) is 0 Å². The number of carbonyl (C=O) groups is 2. The standard InChI is InChI=1S/C25H28N4O4S/c1-4-7-18-10-12-21(13-11-18)33-16-22-27-28-25(29(22)14-5-2)34-17-23(30)26-20-9-6-8-19(15-20)24(31)32-3/h5-6,8-13,15H,2,4,7,14,16-17H2,1,3H3,(H,26,30). The van der Waals surface area contributed by atoms with Crippen LogP contribution in [0, 0.1) is 0 Å². The number of benzene rings is 2. The number of aromatic nitrogens is 3. The lowest BCUT2D eigenvalue weighted by atomic mass is 10.1. The summed E-state index contributed by atoms with van der Waals surface area (Å²) in [7, 11) is 1.31. The summed E-state index contributed by atoms with van der Waals surface area (Å²) in [5, 5.41) is 11.8. The third-order valence-corrected chi connectivity index (χ3v) is 5.80. The van der Waals surface area contributed by atoms with Crippen LogP contribution in [0.15, 0.2) is 66.3 Å². The van der Waals surface area contributed by atoms with Crippen LogP contribution in [-0.4, -0.2) is 39.5 Å². The number of allylic oxidation sites excluding steroid dienone is 1. The van der Waals surface area contributed by atoms with Gasteiger partial charge in [0.1, 0.15) is 12.4 Å². The molecule has 1 heterocycles. The Morgan fingerprint density at radius 2 is 1.97 bits per heavy atom. The molecule has 3 rings (SSSR count). The van der Waals surface area contributed by atoms with Crippen LogP contribution < -0.4 is 10.1 Å². The Morgan fingerprint density at radius 3 is 2.68 bits per heavy atom. The molecule has 0 spiro atoms. The second-order valence-electron chi connectivity index (χ2n) is 7.39. The fraction of sp³-hybridized carbons (Fsp3) is 0.280. The van der Waals surface area contributed by atoms with Crippen molar-refractivity contribution in [3.05, 3.63) is 78.1 Å². The number of carbonyl (C=O) groups excluding carboxylic acids is 2. The van der Waals surface area contributed by atoms with Gasteiger partial charge in [-0.05, 0) is 42.3 Å². The minimum atomic E-state index is -0.463. The number of nitrogens with one attached hydrogen (secondary N) is 1. The molecule has 0 aliphatic heterocycles. The SMILES string of the molecule is C=CCn1c(COc2ccc(CCC)cc2)nnc1SCC(=O)Nc1cccc(C(=O)OC)c1. The number of anilines is 1. The lowest BCUT2D eigenvalue weighted by Crippen LogP contribution is -2.15. The maximum absolute atomic E-state index is 12.4. The number of esters is 1. The van der Waals surface area contributed by atoms with Crippen LogP contribution in [0.3, 0.4) is 0 Å². The number of aryl methyl sites for hydroxylation is 1. The van der Waals surface area contributed by atoms with Gasteiger partial charge in [0.05, 0.1) is 18.4 Å². The first-order valence-corrected chi connectivity index (χ1v) is 11.9. The van der Waals surface area contributed by atoms with Gasteiger partial charge in [0.2, 0.25) is 5.91 Å². The predicted molar refractivity (Wildman–Crippen MR) is 132 cm³/mol. The second-order valence-corrected chi connectivity index (χ2v) is 8.33. The van der Waals surface area contributed by atoms with Gasteiger partial charge >= 0.3 is 5.97 Å². The molecule has 0 fully saturated rings. The van der Waals surface area contributed by atoms with E-state index in [0.29, 0.717) is 28.8 Å². The van der Waals surface area contributed by atoms with Crippen molar-refractivity contribution < 1.29 is 19.1 Å². The zero-order chi connectivity index (χ0) is 24.3. The number of thioether (sulfide) groups is 1. The summed E-state index contributed by atoms with van der Waals surface area (Å²) >= 11 is 1.26. The van der Waals surface area contributed by atoms with Crippen LogP contribution >= 0.6 is 11.8 Å². The van der Waals surface area contributed by atoms with Gasteiger partial charge in [-0.25, -0.2) is 4.79 Å². The zero-order valence-electron chi connectivity index (χ0n) is 19.3. The molecule has 0 bridgehead atoms. The first-order chi connectivity index (χ1) is 16.5. The highest BCUT2D eigenvalue weighted by Gasteiger charge is 2.15. The highest BCUT2D eigenvalue weighted by Crippen LogP contribution is 2.20. The number of methoxy groups -OCH3 is 1. The Bertz CT molecular complexity index is 1130. The highest BCUT2D eigenvalue weighted by atomic mass is 32.2. The quantitative estimate of drug-likeness (QED) is 0.231. The normalized spacial score (nSPS) is 10.5. The number of hydrogen-bond acceptors (Lipinski definition) is 7. The molecule has 34 heavy (non-hydrogen) atoms. The smallest absolute Gasteiger partial charge is 0.337 e. The van der Waals surface area contributed by atoms with E-state index in [9.17, 15) is 9.59 Å². The molecule has 0 saturated heterocycles. The van der Waals surface area contributed by atoms with E-state index in [4.69, 9.17) is 9.47 Å². The Morgan fingerprint density at radius 1 is 1.18 bits per heavy atom. The Kier molecular flexibility index (Phi) is 9.28. The number of ether oxygens (including phenoxy) is 2. The summed E-state index contributed by atoms with van der Waals surface area (Å²) in [4.78, 5) is 24.1. The molecule has 0 atom stereocenters. The minimum absolute atomic E-state index is 0.122. The lowest BCUT2D eigenvalue weighted by Gasteiger charge is -2.10.